The molecule has 0 unspecified atom stereocenters. The van der Waals surface area contributed by atoms with Crippen LogP contribution in [0.4, 0.5) is 5.69 Å². The summed E-state index contributed by atoms with van der Waals surface area (Å²) in [6.45, 7) is 7.37. The standard InChI is InChI=1S/C30H31ClN4O2S/c1-19-9-5-6-11-26(19)34-20(2)17-23(21(34)3)29-28(25-10-7-8-14-32-25)33-30(38)35(29)22-12-13-27(24(31)18-22)37-16-15-36-4/h5-14,17-18,28-29H,15-16H2,1-4H3,(H,33,38)/t28-,29+/m0/s1. The molecule has 0 bridgehead atoms. The van der Waals surface area contributed by atoms with E-state index in [-0.39, 0.29) is 12.1 Å². The second kappa shape index (κ2) is 11.2. The molecule has 1 N–H and O–H groups in total. The van der Waals surface area contributed by atoms with Crippen molar-refractivity contribution < 1.29 is 9.47 Å². The molecule has 1 aliphatic heterocycles. The Morgan fingerprint density at radius 3 is 2.50 bits per heavy atom. The van der Waals surface area contributed by atoms with E-state index in [4.69, 9.17) is 38.3 Å². The summed E-state index contributed by atoms with van der Waals surface area (Å²) in [4.78, 5) is 6.83. The van der Waals surface area contributed by atoms with Gasteiger partial charge in [0.2, 0.25) is 0 Å². The molecule has 2 aromatic heterocycles. The van der Waals surface area contributed by atoms with E-state index in [0.717, 1.165) is 22.8 Å². The Kier molecular flexibility index (Phi) is 7.70. The number of nitrogens with one attached hydrogen (secondary N) is 1. The van der Waals surface area contributed by atoms with Gasteiger partial charge in [-0.2, -0.15) is 0 Å². The summed E-state index contributed by atoms with van der Waals surface area (Å²) >= 11 is 12.6. The fourth-order valence-electron chi connectivity index (χ4n) is 5.21. The molecule has 6 nitrogen and oxygen atoms in total. The van der Waals surface area contributed by atoms with Gasteiger partial charge < -0.3 is 24.3 Å². The van der Waals surface area contributed by atoms with Crippen LogP contribution in [0.3, 0.4) is 0 Å². The summed E-state index contributed by atoms with van der Waals surface area (Å²) in [5.74, 6) is 0.612. The maximum absolute atomic E-state index is 6.67. The van der Waals surface area contributed by atoms with E-state index in [0.29, 0.717) is 29.1 Å². The van der Waals surface area contributed by atoms with Gasteiger partial charge in [-0.1, -0.05) is 35.9 Å². The molecule has 0 saturated carbocycles. The number of pyridine rings is 1. The van der Waals surface area contributed by atoms with E-state index >= 15 is 0 Å². The Morgan fingerprint density at radius 2 is 1.79 bits per heavy atom. The van der Waals surface area contributed by atoms with E-state index in [2.05, 4.69) is 65.9 Å². The summed E-state index contributed by atoms with van der Waals surface area (Å²) in [5, 5.41) is 4.69. The lowest BCUT2D eigenvalue weighted by atomic mass is 9.96. The normalized spacial score (nSPS) is 17.1. The van der Waals surface area contributed by atoms with Crippen molar-refractivity contribution in [3.05, 3.63) is 106 Å². The van der Waals surface area contributed by atoms with Gasteiger partial charge in [0.15, 0.2) is 5.11 Å². The van der Waals surface area contributed by atoms with E-state index in [1.165, 1.54) is 16.8 Å². The van der Waals surface area contributed by atoms with Gasteiger partial charge in [-0.25, -0.2) is 0 Å². The van der Waals surface area contributed by atoms with Crippen molar-refractivity contribution in [3.63, 3.8) is 0 Å². The highest BCUT2D eigenvalue weighted by Gasteiger charge is 2.42. The number of para-hydroxylation sites is 1. The molecular weight excluding hydrogens is 516 g/mol. The summed E-state index contributed by atoms with van der Waals surface area (Å²) in [6, 6.07) is 22.2. The highest BCUT2D eigenvalue weighted by Crippen LogP contribution is 2.45. The molecular formula is C30H31ClN4O2S. The first kappa shape index (κ1) is 26.2. The lowest BCUT2D eigenvalue weighted by molar-refractivity contribution is 0.146. The minimum Gasteiger partial charge on any atom is -0.490 e. The predicted molar refractivity (Wildman–Crippen MR) is 157 cm³/mol. The highest BCUT2D eigenvalue weighted by molar-refractivity contribution is 7.80. The average molecular weight is 547 g/mol. The third-order valence-corrected chi connectivity index (χ3v) is 7.59. The summed E-state index contributed by atoms with van der Waals surface area (Å²) in [6.07, 6.45) is 1.82. The van der Waals surface area contributed by atoms with Crippen LogP contribution >= 0.6 is 23.8 Å². The second-order valence-corrected chi connectivity index (χ2v) is 10.2. The molecule has 5 rings (SSSR count). The van der Waals surface area contributed by atoms with Crippen LogP contribution in [0.5, 0.6) is 5.75 Å². The number of halogens is 1. The van der Waals surface area contributed by atoms with Crippen LogP contribution < -0.4 is 15.0 Å². The quantitative estimate of drug-likeness (QED) is 0.197. The largest absolute Gasteiger partial charge is 0.490 e. The van der Waals surface area contributed by atoms with Gasteiger partial charge in [0.05, 0.1) is 29.4 Å². The molecule has 196 valence electrons. The number of anilines is 1. The van der Waals surface area contributed by atoms with Gasteiger partial charge in [-0.05, 0) is 86.6 Å². The van der Waals surface area contributed by atoms with Gasteiger partial charge in [-0.15, -0.1) is 0 Å². The molecule has 0 amide bonds. The molecule has 1 aliphatic rings. The Bertz CT molecular complexity index is 1460. The number of nitrogens with zero attached hydrogens (tertiary/aromatic N) is 3. The van der Waals surface area contributed by atoms with Gasteiger partial charge in [-0.3, -0.25) is 4.98 Å². The van der Waals surface area contributed by atoms with Gasteiger partial charge in [0.1, 0.15) is 12.4 Å². The summed E-state index contributed by atoms with van der Waals surface area (Å²) in [5.41, 5.74) is 7.68. The van der Waals surface area contributed by atoms with E-state index in [9.17, 15) is 0 Å². The number of hydrogen-bond acceptors (Lipinski definition) is 4. The first-order valence-corrected chi connectivity index (χ1v) is 13.4. The maximum Gasteiger partial charge on any atom is 0.174 e. The van der Waals surface area contributed by atoms with E-state index in [1.54, 1.807) is 7.11 Å². The monoisotopic (exact) mass is 546 g/mol. The van der Waals surface area contributed by atoms with Crippen molar-refractivity contribution in [2.45, 2.75) is 32.9 Å². The number of ether oxygens (including phenoxy) is 2. The zero-order valence-corrected chi connectivity index (χ0v) is 23.5. The topological polar surface area (TPSA) is 51.6 Å². The lowest BCUT2D eigenvalue weighted by Crippen LogP contribution is -2.29. The Labute approximate surface area is 234 Å². The zero-order chi connectivity index (χ0) is 26.8. The second-order valence-electron chi connectivity index (χ2n) is 9.40. The van der Waals surface area contributed by atoms with Crippen molar-refractivity contribution in [3.8, 4) is 11.4 Å². The molecule has 8 heteroatoms. The van der Waals surface area contributed by atoms with Crippen molar-refractivity contribution in [2.24, 2.45) is 0 Å². The van der Waals surface area contributed by atoms with Crippen LogP contribution in [0.25, 0.3) is 5.69 Å². The number of hydrogen-bond donors (Lipinski definition) is 1. The van der Waals surface area contributed by atoms with Gasteiger partial charge in [0, 0.05) is 36.1 Å². The molecule has 2 aromatic carbocycles. The number of benzene rings is 2. The van der Waals surface area contributed by atoms with Gasteiger partial charge in [0.25, 0.3) is 0 Å². The number of aromatic nitrogens is 2. The van der Waals surface area contributed by atoms with Crippen molar-refractivity contribution in [1.82, 2.24) is 14.9 Å². The first-order chi connectivity index (χ1) is 18.4. The molecule has 0 radical (unpaired) electrons. The van der Waals surface area contributed by atoms with Crippen LogP contribution in [0.2, 0.25) is 5.02 Å². The Balaban J connectivity index is 1.61. The van der Waals surface area contributed by atoms with E-state index in [1.807, 2.05) is 42.6 Å². The van der Waals surface area contributed by atoms with Crippen molar-refractivity contribution in [1.29, 1.82) is 0 Å². The van der Waals surface area contributed by atoms with Crippen LogP contribution in [-0.4, -0.2) is 35.0 Å². The molecule has 0 spiro atoms. The molecule has 1 saturated heterocycles. The van der Waals surface area contributed by atoms with Crippen LogP contribution in [0.1, 0.15) is 40.3 Å². The Morgan fingerprint density at radius 1 is 1.00 bits per heavy atom. The van der Waals surface area contributed by atoms with Crippen molar-refractivity contribution >= 4 is 34.6 Å². The smallest absolute Gasteiger partial charge is 0.174 e. The van der Waals surface area contributed by atoms with Gasteiger partial charge >= 0.3 is 0 Å². The number of rotatable bonds is 8. The number of aryl methyl sites for hydroxylation is 2. The minimum atomic E-state index is -0.147. The third-order valence-electron chi connectivity index (χ3n) is 6.98. The first-order valence-electron chi connectivity index (χ1n) is 12.6. The molecule has 4 aromatic rings. The maximum atomic E-state index is 6.67. The van der Waals surface area contributed by atoms with Crippen molar-refractivity contribution in [2.75, 3.05) is 25.2 Å². The van der Waals surface area contributed by atoms with Crippen LogP contribution in [0.15, 0.2) is 72.9 Å². The average Bonchev–Trinajstić information content (AvgIpc) is 3.41. The summed E-state index contributed by atoms with van der Waals surface area (Å²) < 4.78 is 13.2. The number of methoxy groups -OCH3 is 1. The Hall–Kier alpha value is -3.39. The molecule has 0 aliphatic carbocycles. The fraction of sp³-hybridized carbons (Fsp3) is 0.267. The molecule has 1 fully saturated rings. The lowest BCUT2D eigenvalue weighted by Gasteiger charge is -2.28. The molecule has 3 heterocycles. The third kappa shape index (κ3) is 4.89. The fourth-order valence-corrected chi connectivity index (χ4v) is 5.79. The zero-order valence-electron chi connectivity index (χ0n) is 21.9. The molecule has 38 heavy (non-hydrogen) atoms. The molecule has 2 atom stereocenters. The number of thiocarbonyl (C=S) groups is 1. The van der Waals surface area contributed by atoms with Crippen LogP contribution in [0, 0.1) is 20.8 Å². The van der Waals surface area contributed by atoms with E-state index < -0.39 is 0 Å². The highest BCUT2D eigenvalue weighted by atomic mass is 35.5. The minimum absolute atomic E-state index is 0.141. The summed E-state index contributed by atoms with van der Waals surface area (Å²) in [7, 11) is 1.64. The predicted octanol–water partition coefficient (Wildman–Crippen LogP) is 6.65. The SMILES string of the molecule is COCCOc1ccc(N2C(=S)N[C@@H](c3ccccn3)[C@H]2c2cc(C)n(-c3ccccc3C)c2C)cc1Cl. The van der Waals surface area contributed by atoms with Crippen LogP contribution in [-0.2, 0) is 4.74 Å².